The predicted molar refractivity (Wildman–Crippen MR) is 71.3 cm³/mol. The second-order valence-electron chi connectivity index (χ2n) is 4.07. The number of carbonyl (C=O) groups excluding carboxylic acids is 2. The normalized spacial score (nSPS) is 9.90. The molecule has 0 aliphatic rings. The van der Waals surface area contributed by atoms with Crippen LogP contribution in [0.2, 0.25) is 0 Å². The molecule has 106 valence electrons. The van der Waals surface area contributed by atoms with E-state index in [1.807, 2.05) is 0 Å². The lowest BCUT2D eigenvalue weighted by Crippen LogP contribution is -2.19. The van der Waals surface area contributed by atoms with Gasteiger partial charge in [-0.2, -0.15) is 0 Å². The number of carbonyl (C=O) groups is 3. The van der Waals surface area contributed by atoms with Crippen molar-refractivity contribution in [3.63, 3.8) is 0 Å². The standard InChI is InChI=1S/C15H10O6/c16-12-8-10(21-15(20)14(18)19)6-7-11(12)13(17)9-4-2-1-3-5-9/h1-8,16H,(H,18,19). The number of carboxylic acid groups (broad SMARTS) is 1. The van der Waals surface area contributed by atoms with Crippen LogP contribution in [0.25, 0.3) is 0 Å². The maximum Gasteiger partial charge on any atom is 0.422 e. The molecule has 2 aromatic rings. The summed E-state index contributed by atoms with van der Waals surface area (Å²) < 4.78 is 4.49. The quantitative estimate of drug-likeness (QED) is 0.385. The molecule has 0 unspecified atom stereocenters. The second-order valence-corrected chi connectivity index (χ2v) is 4.07. The van der Waals surface area contributed by atoms with Gasteiger partial charge >= 0.3 is 11.9 Å². The molecule has 0 heterocycles. The van der Waals surface area contributed by atoms with Gasteiger partial charge in [0.05, 0.1) is 5.56 Å². The molecule has 0 atom stereocenters. The van der Waals surface area contributed by atoms with E-state index in [0.29, 0.717) is 5.56 Å². The Morgan fingerprint density at radius 2 is 1.62 bits per heavy atom. The summed E-state index contributed by atoms with van der Waals surface area (Å²) in [6.07, 6.45) is 0. The van der Waals surface area contributed by atoms with Gasteiger partial charge in [0.2, 0.25) is 0 Å². The molecule has 6 heteroatoms. The molecule has 0 saturated carbocycles. The molecule has 2 aromatic carbocycles. The van der Waals surface area contributed by atoms with Crippen molar-refractivity contribution in [2.75, 3.05) is 0 Å². The molecule has 0 spiro atoms. The van der Waals surface area contributed by atoms with Gasteiger partial charge in [0.25, 0.3) is 0 Å². The molecule has 0 radical (unpaired) electrons. The fraction of sp³-hybridized carbons (Fsp3) is 0. The number of ether oxygens (including phenoxy) is 1. The van der Waals surface area contributed by atoms with Gasteiger partial charge in [0.1, 0.15) is 11.5 Å². The van der Waals surface area contributed by atoms with Gasteiger partial charge in [-0.05, 0) is 12.1 Å². The Morgan fingerprint density at radius 3 is 2.19 bits per heavy atom. The van der Waals surface area contributed by atoms with Gasteiger partial charge in [-0.1, -0.05) is 30.3 Å². The number of phenolic OH excluding ortho intramolecular Hbond substituents is 1. The Kier molecular flexibility index (Phi) is 3.99. The Hall–Kier alpha value is -3.15. The molecule has 0 fully saturated rings. The second kappa shape index (κ2) is 5.87. The highest BCUT2D eigenvalue weighted by molar-refractivity contribution is 6.29. The third-order valence-corrected chi connectivity index (χ3v) is 2.63. The number of benzene rings is 2. The van der Waals surface area contributed by atoms with Crippen molar-refractivity contribution >= 4 is 17.7 Å². The smallest absolute Gasteiger partial charge is 0.422 e. The van der Waals surface area contributed by atoms with E-state index in [4.69, 9.17) is 5.11 Å². The largest absolute Gasteiger partial charge is 0.507 e. The minimum absolute atomic E-state index is 0.0244. The van der Waals surface area contributed by atoms with E-state index in [9.17, 15) is 19.5 Å². The molecule has 0 aliphatic carbocycles. The lowest BCUT2D eigenvalue weighted by Gasteiger charge is -2.06. The molecule has 21 heavy (non-hydrogen) atoms. The van der Waals surface area contributed by atoms with Gasteiger partial charge in [-0.15, -0.1) is 0 Å². The van der Waals surface area contributed by atoms with Crippen LogP contribution in [-0.2, 0) is 9.59 Å². The van der Waals surface area contributed by atoms with Crippen molar-refractivity contribution in [1.29, 1.82) is 0 Å². The first-order valence-corrected chi connectivity index (χ1v) is 5.87. The highest BCUT2D eigenvalue weighted by Crippen LogP contribution is 2.26. The summed E-state index contributed by atoms with van der Waals surface area (Å²) in [4.78, 5) is 33.4. The van der Waals surface area contributed by atoms with Gasteiger partial charge in [-0.25, -0.2) is 9.59 Å². The van der Waals surface area contributed by atoms with Crippen molar-refractivity contribution in [2.45, 2.75) is 0 Å². The first-order valence-electron chi connectivity index (χ1n) is 5.87. The third-order valence-electron chi connectivity index (χ3n) is 2.63. The molecule has 6 nitrogen and oxygen atoms in total. The van der Waals surface area contributed by atoms with E-state index in [1.54, 1.807) is 30.3 Å². The van der Waals surface area contributed by atoms with E-state index in [-0.39, 0.29) is 11.3 Å². The molecule has 0 saturated heterocycles. The van der Waals surface area contributed by atoms with Crippen LogP contribution in [0.5, 0.6) is 11.5 Å². The molecular weight excluding hydrogens is 276 g/mol. The summed E-state index contributed by atoms with van der Waals surface area (Å²) in [5.74, 6) is -4.19. The van der Waals surface area contributed by atoms with Crippen molar-refractivity contribution in [1.82, 2.24) is 0 Å². The zero-order valence-electron chi connectivity index (χ0n) is 10.6. The van der Waals surface area contributed by atoms with Crippen LogP contribution >= 0.6 is 0 Å². The monoisotopic (exact) mass is 286 g/mol. The number of aliphatic carboxylic acids is 1. The van der Waals surface area contributed by atoms with Crippen molar-refractivity contribution in [2.24, 2.45) is 0 Å². The summed E-state index contributed by atoms with van der Waals surface area (Å²) in [6.45, 7) is 0. The van der Waals surface area contributed by atoms with Crippen LogP contribution in [0, 0.1) is 0 Å². The summed E-state index contributed by atoms with van der Waals surface area (Å²) in [5.41, 5.74) is 0.416. The number of hydrogen-bond donors (Lipinski definition) is 2. The number of aromatic hydroxyl groups is 1. The average molecular weight is 286 g/mol. The molecular formula is C15H10O6. The average Bonchev–Trinajstić information content (AvgIpc) is 2.47. The van der Waals surface area contributed by atoms with E-state index in [2.05, 4.69) is 4.74 Å². The molecule has 2 rings (SSSR count). The fourth-order valence-electron chi connectivity index (χ4n) is 1.66. The SMILES string of the molecule is O=C(O)C(=O)Oc1ccc(C(=O)c2ccccc2)c(O)c1. The van der Waals surface area contributed by atoms with E-state index >= 15 is 0 Å². The number of esters is 1. The Balaban J connectivity index is 2.26. The van der Waals surface area contributed by atoms with Gasteiger partial charge in [0.15, 0.2) is 5.78 Å². The van der Waals surface area contributed by atoms with Crippen molar-refractivity contribution in [3.05, 3.63) is 59.7 Å². The molecule has 2 N–H and O–H groups in total. The molecule has 0 aliphatic heterocycles. The zero-order valence-corrected chi connectivity index (χ0v) is 10.6. The number of hydrogen-bond acceptors (Lipinski definition) is 5. The first-order chi connectivity index (χ1) is 9.99. The first kappa shape index (κ1) is 14.3. The van der Waals surface area contributed by atoms with Gasteiger partial charge in [-0.3, -0.25) is 4.79 Å². The summed E-state index contributed by atoms with van der Waals surface area (Å²) >= 11 is 0. The Labute approximate surface area is 119 Å². The summed E-state index contributed by atoms with van der Waals surface area (Å²) in [6, 6.07) is 11.8. The lowest BCUT2D eigenvalue weighted by atomic mass is 10.0. The highest BCUT2D eigenvalue weighted by atomic mass is 16.6. The zero-order chi connectivity index (χ0) is 15.4. The van der Waals surface area contributed by atoms with Crippen molar-refractivity contribution < 1.29 is 29.3 Å². The molecule has 0 amide bonds. The number of phenols is 1. The van der Waals surface area contributed by atoms with Gasteiger partial charge < -0.3 is 14.9 Å². The van der Waals surface area contributed by atoms with E-state index in [1.165, 1.54) is 12.1 Å². The minimum atomic E-state index is -1.75. The lowest BCUT2D eigenvalue weighted by molar-refractivity contribution is -0.158. The molecule has 0 bridgehead atoms. The Bertz CT molecular complexity index is 705. The maximum absolute atomic E-state index is 12.1. The summed E-state index contributed by atoms with van der Waals surface area (Å²) in [5, 5.41) is 18.2. The summed E-state index contributed by atoms with van der Waals surface area (Å²) in [7, 11) is 0. The third kappa shape index (κ3) is 3.24. The van der Waals surface area contributed by atoms with E-state index in [0.717, 1.165) is 6.07 Å². The predicted octanol–water partition coefficient (Wildman–Crippen LogP) is 1.61. The van der Waals surface area contributed by atoms with Crippen LogP contribution in [0.4, 0.5) is 0 Å². The van der Waals surface area contributed by atoms with Crippen LogP contribution < -0.4 is 4.74 Å². The number of ketones is 1. The van der Waals surface area contributed by atoms with Crippen LogP contribution in [0.3, 0.4) is 0 Å². The highest BCUT2D eigenvalue weighted by Gasteiger charge is 2.17. The fourth-order valence-corrected chi connectivity index (χ4v) is 1.66. The van der Waals surface area contributed by atoms with Gasteiger partial charge in [0, 0.05) is 11.6 Å². The topological polar surface area (TPSA) is 101 Å². The minimum Gasteiger partial charge on any atom is -0.507 e. The van der Waals surface area contributed by atoms with E-state index < -0.39 is 23.5 Å². The van der Waals surface area contributed by atoms with Crippen LogP contribution in [-0.4, -0.2) is 27.9 Å². The number of carboxylic acids is 1. The van der Waals surface area contributed by atoms with Crippen LogP contribution in [0.15, 0.2) is 48.5 Å². The molecule has 0 aromatic heterocycles. The van der Waals surface area contributed by atoms with Crippen LogP contribution in [0.1, 0.15) is 15.9 Å². The number of rotatable bonds is 3. The van der Waals surface area contributed by atoms with Crippen molar-refractivity contribution in [3.8, 4) is 11.5 Å². The Morgan fingerprint density at radius 1 is 0.952 bits per heavy atom. The maximum atomic E-state index is 12.1.